The first-order chi connectivity index (χ1) is 7.90. The van der Waals surface area contributed by atoms with E-state index in [1.54, 1.807) is 0 Å². The Morgan fingerprint density at radius 1 is 1.50 bits per heavy atom. The second-order valence-electron chi connectivity index (χ2n) is 3.68. The monoisotopic (exact) mass is 235 g/mol. The molecule has 0 bridgehead atoms. The van der Waals surface area contributed by atoms with Crippen molar-refractivity contribution in [2.75, 3.05) is 6.54 Å². The van der Waals surface area contributed by atoms with E-state index in [-0.39, 0.29) is 0 Å². The van der Waals surface area contributed by atoms with Crippen LogP contribution in [0, 0.1) is 0 Å². The fraction of sp³-hybridized carbons (Fsp3) is 0.417. The van der Waals surface area contributed by atoms with Gasteiger partial charge < -0.3 is 9.88 Å². The molecule has 2 heterocycles. The molecule has 0 radical (unpaired) electrons. The normalized spacial score (nSPS) is 10.8. The molecule has 16 heavy (non-hydrogen) atoms. The lowest BCUT2D eigenvalue weighted by molar-refractivity contribution is 0.629. The molecule has 0 spiro atoms. The Morgan fingerprint density at radius 2 is 2.44 bits per heavy atom. The Labute approximate surface area is 100 Å². The summed E-state index contributed by atoms with van der Waals surface area (Å²) in [6, 6.07) is 4.29. The minimum Gasteiger partial charge on any atom is -0.334 e. The van der Waals surface area contributed by atoms with Crippen molar-refractivity contribution in [2.45, 2.75) is 26.4 Å². The predicted octanol–water partition coefficient (Wildman–Crippen LogP) is 2.30. The molecule has 0 aliphatic heterocycles. The van der Waals surface area contributed by atoms with Crippen LogP contribution >= 0.6 is 11.3 Å². The van der Waals surface area contributed by atoms with Crippen LogP contribution in [0.4, 0.5) is 0 Å². The summed E-state index contributed by atoms with van der Waals surface area (Å²) in [4.78, 5) is 5.59. The van der Waals surface area contributed by atoms with Gasteiger partial charge in [0.1, 0.15) is 0 Å². The number of nitrogens with zero attached hydrogens (tertiary/aromatic N) is 2. The van der Waals surface area contributed by atoms with E-state index in [2.05, 4.69) is 39.3 Å². The lowest BCUT2D eigenvalue weighted by Gasteiger charge is -2.06. The zero-order chi connectivity index (χ0) is 11.2. The molecule has 0 saturated carbocycles. The zero-order valence-corrected chi connectivity index (χ0v) is 10.3. The first kappa shape index (κ1) is 11.4. The minimum absolute atomic E-state index is 0.902. The quantitative estimate of drug-likeness (QED) is 0.779. The van der Waals surface area contributed by atoms with Gasteiger partial charge in [0.2, 0.25) is 0 Å². The molecule has 1 N–H and O–H groups in total. The lowest BCUT2D eigenvalue weighted by Crippen LogP contribution is -2.18. The fourth-order valence-corrected chi connectivity index (χ4v) is 2.37. The van der Waals surface area contributed by atoms with Crippen LogP contribution in [-0.4, -0.2) is 16.1 Å². The minimum atomic E-state index is 0.902. The highest BCUT2D eigenvalue weighted by Gasteiger charge is 1.99. The second kappa shape index (κ2) is 5.82. The van der Waals surface area contributed by atoms with Crippen LogP contribution in [0.3, 0.4) is 0 Å². The van der Waals surface area contributed by atoms with Gasteiger partial charge in [0.25, 0.3) is 0 Å². The van der Waals surface area contributed by atoms with Crippen molar-refractivity contribution in [1.82, 2.24) is 14.9 Å². The van der Waals surface area contributed by atoms with E-state index < -0.39 is 0 Å². The summed E-state index contributed by atoms with van der Waals surface area (Å²) in [6.45, 7) is 5.05. The van der Waals surface area contributed by atoms with Crippen LogP contribution in [0.5, 0.6) is 0 Å². The Kier molecular flexibility index (Phi) is 4.13. The molecule has 0 saturated heterocycles. The lowest BCUT2D eigenvalue weighted by atomic mass is 10.3. The van der Waals surface area contributed by atoms with Gasteiger partial charge in [-0.3, -0.25) is 0 Å². The molecule has 2 rings (SSSR count). The van der Waals surface area contributed by atoms with Crippen molar-refractivity contribution < 1.29 is 0 Å². The first-order valence-electron chi connectivity index (χ1n) is 5.62. The van der Waals surface area contributed by atoms with Crippen molar-refractivity contribution in [1.29, 1.82) is 0 Å². The van der Waals surface area contributed by atoms with E-state index in [1.807, 2.05) is 23.9 Å². The topological polar surface area (TPSA) is 29.9 Å². The molecule has 0 unspecified atom stereocenters. The van der Waals surface area contributed by atoms with E-state index in [0.717, 1.165) is 26.1 Å². The van der Waals surface area contributed by atoms with Gasteiger partial charge in [-0.25, -0.2) is 4.98 Å². The maximum absolute atomic E-state index is 4.15. The van der Waals surface area contributed by atoms with Gasteiger partial charge in [0.05, 0.1) is 12.0 Å². The highest BCUT2D eigenvalue weighted by Crippen LogP contribution is 2.08. The van der Waals surface area contributed by atoms with E-state index in [4.69, 9.17) is 0 Å². The predicted molar refractivity (Wildman–Crippen MR) is 67.6 cm³/mol. The van der Waals surface area contributed by atoms with Crippen molar-refractivity contribution in [3.05, 3.63) is 40.6 Å². The number of hydrogen-bond acceptors (Lipinski definition) is 3. The number of nitrogens with one attached hydrogen (secondary N) is 1. The largest absolute Gasteiger partial charge is 0.334 e. The zero-order valence-electron chi connectivity index (χ0n) is 9.52. The van der Waals surface area contributed by atoms with Gasteiger partial charge in [-0.15, -0.1) is 11.3 Å². The van der Waals surface area contributed by atoms with Gasteiger partial charge in [-0.2, -0.15) is 0 Å². The molecular formula is C12H17N3S. The third-order valence-electron chi connectivity index (χ3n) is 2.57. The Balaban J connectivity index is 1.72. The van der Waals surface area contributed by atoms with Crippen molar-refractivity contribution in [3.63, 3.8) is 0 Å². The molecule has 0 aliphatic carbocycles. The summed E-state index contributed by atoms with van der Waals surface area (Å²) in [5, 5.41) is 5.57. The first-order valence-corrected chi connectivity index (χ1v) is 6.50. The second-order valence-corrected chi connectivity index (χ2v) is 4.71. The van der Waals surface area contributed by atoms with E-state index in [0.29, 0.717) is 0 Å². The summed E-state index contributed by atoms with van der Waals surface area (Å²) in [6.07, 6.45) is 4.93. The van der Waals surface area contributed by atoms with Crippen molar-refractivity contribution >= 4 is 11.3 Å². The van der Waals surface area contributed by atoms with Gasteiger partial charge in [0.15, 0.2) is 0 Å². The summed E-state index contributed by atoms with van der Waals surface area (Å²) < 4.78 is 2.16. The highest BCUT2D eigenvalue weighted by atomic mass is 32.1. The van der Waals surface area contributed by atoms with Crippen LogP contribution in [-0.2, 0) is 19.5 Å². The molecule has 0 aromatic carbocycles. The molecule has 0 amide bonds. The Bertz CT molecular complexity index is 406. The van der Waals surface area contributed by atoms with Crippen LogP contribution in [0.25, 0.3) is 0 Å². The number of aryl methyl sites for hydroxylation is 1. The molecule has 4 heteroatoms. The molecular weight excluding hydrogens is 218 g/mol. The molecule has 2 aromatic rings. The Hall–Kier alpha value is -1.13. The summed E-state index contributed by atoms with van der Waals surface area (Å²) in [5.41, 5.74) is 1.26. The molecule has 0 atom stereocenters. The van der Waals surface area contributed by atoms with Gasteiger partial charge in [0, 0.05) is 30.7 Å². The number of aromatic nitrogens is 2. The molecule has 0 aliphatic rings. The molecule has 3 nitrogen and oxygen atoms in total. The highest BCUT2D eigenvalue weighted by molar-refractivity contribution is 7.09. The van der Waals surface area contributed by atoms with Crippen molar-refractivity contribution in [3.8, 4) is 0 Å². The number of hydrogen-bond donors (Lipinski definition) is 1. The van der Waals surface area contributed by atoms with Gasteiger partial charge in [-0.05, 0) is 24.8 Å². The average molecular weight is 235 g/mol. The van der Waals surface area contributed by atoms with Gasteiger partial charge >= 0.3 is 0 Å². The SMILES string of the molecule is CCn1cncc1CNCCc1cccs1. The fourth-order valence-electron chi connectivity index (χ4n) is 1.66. The standard InChI is InChI=1S/C12H17N3S/c1-2-15-10-14-9-11(15)8-13-6-5-12-4-3-7-16-12/h3-4,7,9-10,13H,2,5-6,8H2,1H3. The maximum Gasteiger partial charge on any atom is 0.0948 e. The summed E-state index contributed by atoms with van der Waals surface area (Å²) >= 11 is 1.82. The summed E-state index contributed by atoms with van der Waals surface area (Å²) in [7, 11) is 0. The third-order valence-corrected chi connectivity index (χ3v) is 3.51. The number of imidazole rings is 1. The molecule has 2 aromatic heterocycles. The third kappa shape index (κ3) is 2.93. The van der Waals surface area contributed by atoms with Crippen molar-refractivity contribution in [2.24, 2.45) is 0 Å². The Morgan fingerprint density at radius 3 is 3.19 bits per heavy atom. The van der Waals surface area contributed by atoms with Crippen LogP contribution in [0.15, 0.2) is 30.0 Å². The van der Waals surface area contributed by atoms with Crippen LogP contribution in [0.1, 0.15) is 17.5 Å². The number of thiophene rings is 1. The summed E-state index contributed by atoms with van der Waals surface area (Å²) in [5.74, 6) is 0. The van der Waals surface area contributed by atoms with E-state index >= 15 is 0 Å². The van der Waals surface area contributed by atoms with Gasteiger partial charge in [-0.1, -0.05) is 6.07 Å². The smallest absolute Gasteiger partial charge is 0.0948 e. The molecule has 0 fully saturated rings. The molecule has 86 valence electrons. The van der Waals surface area contributed by atoms with E-state index in [9.17, 15) is 0 Å². The number of rotatable bonds is 6. The maximum atomic E-state index is 4.15. The van der Waals surface area contributed by atoms with Crippen LogP contribution < -0.4 is 5.32 Å². The average Bonchev–Trinajstić information content (AvgIpc) is 2.95. The van der Waals surface area contributed by atoms with E-state index in [1.165, 1.54) is 10.6 Å². The van der Waals surface area contributed by atoms with Crippen LogP contribution in [0.2, 0.25) is 0 Å².